The molecule has 1 aromatic carbocycles. The molecular weight excluding hydrogens is 202 g/mol. The topological polar surface area (TPSA) is 26.7 Å². The van der Waals surface area contributed by atoms with E-state index < -0.39 is 0 Å². The number of aromatic nitrogens is 1. The number of benzene rings is 1. The predicted octanol–water partition coefficient (Wildman–Crippen LogP) is 2.25. The van der Waals surface area contributed by atoms with Crippen molar-refractivity contribution in [2.45, 2.75) is 6.10 Å². The molecule has 0 N–H and O–H groups in total. The zero-order valence-corrected chi connectivity index (χ0v) is 8.87. The molecule has 0 radical (unpaired) electrons. The summed E-state index contributed by atoms with van der Waals surface area (Å²) in [5.74, 6) is 0.897. The molecular formula is C13H13NO2. The summed E-state index contributed by atoms with van der Waals surface area (Å²) in [6.45, 7) is 1.46. The van der Waals surface area contributed by atoms with E-state index in [2.05, 4.69) is 0 Å². The Labute approximate surface area is 94.2 Å². The number of nitrogens with zero attached hydrogens (tertiary/aromatic N) is 1. The number of ether oxygens (including phenoxy) is 2. The van der Waals surface area contributed by atoms with Crippen LogP contribution >= 0.6 is 0 Å². The first-order chi connectivity index (χ1) is 7.93. The third-order valence-corrected chi connectivity index (χ3v) is 2.57. The molecule has 1 saturated heterocycles. The second kappa shape index (κ2) is 4.02. The Morgan fingerprint density at radius 2 is 1.94 bits per heavy atom. The van der Waals surface area contributed by atoms with Gasteiger partial charge in [-0.15, -0.1) is 0 Å². The summed E-state index contributed by atoms with van der Waals surface area (Å²) in [4.78, 5) is 0. The smallest absolute Gasteiger partial charge is 0.143 e. The molecule has 3 nitrogen and oxygen atoms in total. The second-order valence-corrected chi connectivity index (χ2v) is 3.82. The molecule has 0 bridgehead atoms. The van der Waals surface area contributed by atoms with Gasteiger partial charge in [0.05, 0.1) is 12.3 Å². The average Bonchev–Trinajstić information content (AvgIpc) is 3.00. The van der Waals surface area contributed by atoms with Gasteiger partial charge in [0.1, 0.15) is 18.5 Å². The van der Waals surface area contributed by atoms with Crippen LogP contribution in [0.5, 0.6) is 5.75 Å². The summed E-state index contributed by atoms with van der Waals surface area (Å²) in [6.07, 6.45) is 4.31. The van der Waals surface area contributed by atoms with E-state index in [1.807, 2.05) is 53.4 Å². The fraction of sp³-hybridized carbons (Fsp3) is 0.231. The van der Waals surface area contributed by atoms with Gasteiger partial charge >= 0.3 is 0 Å². The quantitative estimate of drug-likeness (QED) is 0.731. The van der Waals surface area contributed by atoms with Crippen LogP contribution in [0.25, 0.3) is 5.69 Å². The second-order valence-electron chi connectivity index (χ2n) is 3.82. The van der Waals surface area contributed by atoms with Crippen LogP contribution in [0.2, 0.25) is 0 Å². The summed E-state index contributed by atoms with van der Waals surface area (Å²) in [5, 5.41) is 0. The predicted molar refractivity (Wildman–Crippen MR) is 61.0 cm³/mol. The van der Waals surface area contributed by atoms with Crippen LogP contribution in [-0.2, 0) is 4.74 Å². The van der Waals surface area contributed by atoms with Crippen molar-refractivity contribution >= 4 is 0 Å². The Morgan fingerprint density at radius 1 is 1.19 bits per heavy atom. The van der Waals surface area contributed by atoms with Gasteiger partial charge in [-0.3, -0.25) is 0 Å². The van der Waals surface area contributed by atoms with E-state index in [1.54, 1.807) is 0 Å². The Hall–Kier alpha value is -1.74. The van der Waals surface area contributed by atoms with Gasteiger partial charge in [-0.25, -0.2) is 0 Å². The van der Waals surface area contributed by atoms with Crippen molar-refractivity contribution in [1.29, 1.82) is 0 Å². The van der Waals surface area contributed by atoms with E-state index in [4.69, 9.17) is 9.47 Å². The third-order valence-electron chi connectivity index (χ3n) is 2.57. The van der Waals surface area contributed by atoms with Crippen LogP contribution in [0, 0.1) is 0 Å². The summed E-state index contributed by atoms with van der Waals surface area (Å²) >= 11 is 0. The molecule has 0 unspecified atom stereocenters. The van der Waals surface area contributed by atoms with Crippen molar-refractivity contribution < 1.29 is 9.47 Å². The number of para-hydroxylation sites is 2. The van der Waals surface area contributed by atoms with Gasteiger partial charge in [0, 0.05) is 12.4 Å². The van der Waals surface area contributed by atoms with E-state index in [9.17, 15) is 0 Å². The molecule has 1 atom stereocenters. The van der Waals surface area contributed by atoms with Gasteiger partial charge in [-0.2, -0.15) is 0 Å². The maximum atomic E-state index is 5.74. The molecule has 16 heavy (non-hydrogen) atoms. The highest BCUT2D eigenvalue weighted by atomic mass is 16.6. The van der Waals surface area contributed by atoms with E-state index >= 15 is 0 Å². The average molecular weight is 215 g/mol. The van der Waals surface area contributed by atoms with Crippen molar-refractivity contribution in [3.8, 4) is 11.4 Å². The highest BCUT2D eigenvalue weighted by Crippen LogP contribution is 2.23. The minimum atomic E-state index is 0.290. The van der Waals surface area contributed by atoms with Crippen LogP contribution in [0.15, 0.2) is 48.8 Å². The van der Waals surface area contributed by atoms with Gasteiger partial charge < -0.3 is 14.0 Å². The normalized spacial score (nSPS) is 18.4. The Morgan fingerprint density at radius 3 is 2.69 bits per heavy atom. The van der Waals surface area contributed by atoms with Gasteiger partial charge in [-0.05, 0) is 24.3 Å². The maximum absolute atomic E-state index is 5.74. The van der Waals surface area contributed by atoms with E-state index in [0.717, 1.165) is 18.0 Å². The third kappa shape index (κ3) is 1.95. The minimum absolute atomic E-state index is 0.290. The molecule has 1 aromatic heterocycles. The van der Waals surface area contributed by atoms with E-state index in [-0.39, 0.29) is 6.10 Å². The van der Waals surface area contributed by atoms with Crippen LogP contribution in [0.4, 0.5) is 0 Å². The molecule has 1 fully saturated rings. The lowest BCUT2D eigenvalue weighted by molar-refractivity contribution is 0.262. The molecule has 0 spiro atoms. The van der Waals surface area contributed by atoms with Crippen molar-refractivity contribution in [1.82, 2.24) is 4.57 Å². The number of hydrogen-bond donors (Lipinski definition) is 0. The molecule has 2 aromatic rings. The zero-order valence-electron chi connectivity index (χ0n) is 8.87. The van der Waals surface area contributed by atoms with Gasteiger partial charge in [-0.1, -0.05) is 12.1 Å². The first-order valence-electron chi connectivity index (χ1n) is 5.40. The number of hydrogen-bond acceptors (Lipinski definition) is 2. The van der Waals surface area contributed by atoms with Crippen LogP contribution in [0.1, 0.15) is 0 Å². The highest BCUT2D eigenvalue weighted by Gasteiger charge is 2.23. The molecule has 82 valence electrons. The van der Waals surface area contributed by atoms with Gasteiger partial charge in [0.15, 0.2) is 0 Å². The molecule has 1 aliphatic rings. The van der Waals surface area contributed by atoms with Crippen LogP contribution in [0.3, 0.4) is 0 Å². The first-order valence-corrected chi connectivity index (χ1v) is 5.40. The Bertz CT molecular complexity index is 461. The lowest BCUT2D eigenvalue weighted by Crippen LogP contribution is -2.06. The van der Waals surface area contributed by atoms with Crippen molar-refractivity contribution in [2.75, 3.05) is 13.2 Å². The zero-order chi connectivity index (χ0) is 10.8. The summed E-state index contributed by atoms with van der Waals surface area (Å²) in [5.41, 5.74) is 1.06. The van der Waals surface area contributed by atoms with Gasteiger partial charge in [0.25, 0.3) is 0 Å². The first kappa shape index (κ1) is 9.48. The monoisotopic (exact) mass is 215 g/mol. The largest absolute Gasteiger partial charge is 0.489 e. The molecule has 1 aliphatic heterocycles. The Kier molecular flexibility index (Phi) is 2.38. The van der Waals surface area contributed by atoms with E-state index in [0.29, 0.717) is 6.61 Å². The molecule has 0 aliphatic carbocycles. The number of rotatable bonds is 4. The fourth-order valence-electron chi connectivity index (χ4n) is 1.63. The lowest BCUT2D eigenvalue weighted by Gasteiger charge is -2.11. The molecule has 0 saturated carbocycles. The SMILES string of the molecule is c1ccc(-n2cccc2)c(OC[C@@H]2CO2)c1. The van der Waals surface area contributed by atoms with Crippen LogP contribution in [-0.4, -0.2) is 23.9 Å². The standard InChI is InChI=1S/C13H13NO2/c1-2-6-13(16-10-11-9-15-11)12(5-1)14-7-3-4-8-14/h1-8,11H,9-10H2/t11-/m0/s1. The van der Waals surface area contributed by atoms with Crippen molar-refractivity contribution in [3.05, 3.63) is 48.8 Å². The Balaban J connectivity index is 1.85. The summed E-state index contributed by atoms with van der Waals surface area (Å²) in [6, 6.07) is 12.0. The summed E-state index contributed by atoms with van der Waals surface area (Å²) < 4.78 is 12.9. The van der Waals surface area contributed by atoms with E-state index in [1.165, 1.54) is 0 Å². The summed E-state index contributed by atoms with van der Waals surface area (Å²) in [7, 11) is 0. The van der Waals surface area contributed by atoms with Crippen LogP contribution < -0.4 is 4.74 Å². The minimum Gasteiger partial charge on any atom is -0.489 e. The maximum Gasteiger partial charge on any atom is 0.143 e. The number of epoxide rings is 1. The molecule has 2 heterocycles. The lowest BCUT2D eigenvalue weighted by atomic mass is 10.3. The van der Waals surface area contributed by atoms with Crippen molar-refractivity contribution in [2.24, 2.45) is 0 Å². The molecule has 3 heteroatoms. The van der Waals surface area contributed by atoms with Crippen molar-refractivity contribution in [3.63, 3.8) is 0 Å². The van der Waals surface area contributed by atoms with Gasteiger partial charge in [0.2, 0.25) is 0 Å². The molecule has 0 amide bonds. The highest BCUT2D eigenvalue weighted by molar-refractivity contribution is 5.46. The molecule has 3 rings (SSSR count). The fourth-order valence-corrected chi connectivity index (χ4v) is 1.63.